The van der Waals surface area contributed by atoms with Crippen molar-refractivity contribution in [2.75, 3.05) is 38.5 Å². The molecule has 0 saturated heterocycles. The largest absolute Gasteiger partial charge is 0.398 e. The number of hydrogen-bond donors (Lipinski definition) is 1. The zero-order valence-electron chi connectivity index (χ0n) is 12.7. The van der Waals surface area contributed by atoms with E-state index < -0.39 is 0 Å². The highest BCUT2D eigenvalue weighted by Crippen LogP contribution is 2.13. The zero-order chi connectivity index (χ0) is 14.1. The maximum absolute atomic E-state index is 6.04. The molecule has 0 atom stereocenters. The summed E-state index contributed by atoms with van der Waals surface area (Å²) in [6, 6.07) is 8.19. The first-order chi connectivity index (χ1) is 9.21. The Bertz CT molecular complexity index is 348. The van der Waals surface area contributed by atoms with Crippen molar-refractivity contribution < 1.29 is 0 Å². The summed E-state index contributed by atoms with van der Waals surface area (Å²) in [5.41, 5.74) is 8.19. The van der Waals surface area contributed by atoms with E-state index in [1.807, 2.05) is 12.1 Å². The molecule has 0 unspecified atom stereocenters. The number of para-hydroxylation sites is 1. The number of hydrogen-bond acceptors (Lipinski definition) is 3. The fraction of sp³-hybridized carbons (Fsp3) is 0.625. The number of anilines is 1. The fourth-order valence-corrected chi connectivity index (χ4v) is 2.33. The Morgan fingerprint density at radius 3 is 2.11 bits per heavy atom. The third kappa shape index (κ3) is 5.62. The quantitative estimate of drug-likeness (QED) is 0.695. The van der Waals surface area contributed by atoms with Gasteiger partial charge in [0.2, 0.25) is 0 Å². The Morgan fingerprint density at radius 2 is 1.53 bits per heavy atom. The Kier molecular flexibility index (Phi) is 7.53. The first kappa shape index (κ1) is 16.0. The first-order valence-corrected chi connectivity index (χ1v) is 7.49. The molecule has 19 heavy (non-hydrogen) atoms. The van der Waals surface area contributed by atoms with Gasteiger partial charge in [-0.15, -0.1) is 0 Å². The van der Waals surface area contributed by atoms with Gasteiger partial charge in [-0.3, -0.25) is 4.90 Å². The number of nitrogens with zero attached hydrogens (tertiary/aromatic N) is 2. The Hall–Kier alpha value is -1.06. The summed E-state index contributed by atoms with van der Waals surface area (Å²) >= 11 is 0. The summed E-state index contributed by atoms with van der Waals surface area (Å²) in [6.45, 7) is 13.3. The SMILES string of the molecule is CCCN(CCN(CC)CC)Cc1ccccc1N. The molecule has 0 aliphatic heterocycles. The van der Waals surface area contributed by atoms with Crippen molar-refractivity contribution >= 4 is 5.69 Å². The second-order valence-corrected chi connectivity index (χ2v) is 5.00. The molecule has 0 aromatic heterocycles. The molecular formula is C16H29N3. The summed E-state index contributed by atoms with van der Waals surface area (Å²) in [7, 11) is 0. The molecule has 108 valence electrons. The minimum absolute atomic E-state index is 0.909. The number of benzene rings is 1. The maximum atomic E-state index is 6.04. The van der Waals surface area contributed by atoms with Gasteiger partial charge in [0.1, 0.15) is 0 Å². The normalized spacial score (nSPS) is 11.4. The van der Waals surface area contributed by atoms with Crippen LogP contribution >= 0.6 is 0 Å². The second-order valence-electron chi connectivity index (χ2n) is 5.00. The van der Waals surface area contributed by atoms with Crippen molar-refractivity contribution in [2.45, 2.75) is 33.7 Å². The van der Waals surface area contributed by atoms with E-state index in [0.29, 0.717) is 0 Å². The highest BCUT2D eigenvalue weighted by molar-refractivity contribution is 5.46. The van der Waals surface area contributed by atoms with Crippen molar-refractivity contribution in [1.82, 2.24) is 9.80 Å². The smallest absolute Gasteiger partial charge is 0.0359 e. The van der Waals surface area contributed by atoms with E-state index in [0.717, 1.165) is 45.0 Å². The molecule has 2 N–H and O–H groups in total. The Morgan fingerprint density at radius 1 is 0.895 bits per heavy atom. The van der Waals surface area contributed by atoms with Crippen LogP contribution in [0.3, 0.4) is 0 Å². The standard InChI is InChI=1S/C16H29N3/c1-4-11-19(13-12-18(5-2)6-3)14-15-9-7-8-10-16(15)17/h7-10H,4-6,11-14,17H2,1-3H3. The van der Waals surface area contributed by atoms with E-state index in [1.54, 1.807) is 0 Å². The van der Waals surface area contributed by atoms with Gasteiger partial charge in [0, 0.05) is 25.3 Å². The predicted octanol–water partition coefficient (Wildman–Crippen LogP) is 2.82. The van der Waals surface area contributed by atoms with Crippen LogP contribution in [0, 0.1) is 0 Å². The molecule has 0 heterocycles. The van der Waals surface area contributed by atoms with Gasteiger partial charge < -0.3 is 10.6 Å². The molecule has 1 rings (SSSR count). The molecule has 0 amide bonds. The van der Waals surface area contributed by atoms with Crippen molar-refractivity contribution in [3.63, 3.8) is 0 Å². The van der Waals surface area contributed by atoms with Gasteiger partial charge in [0.15, 0.2) is 0 Å². The van der Waals surface area contributed by atoms with Gasteiger partial charge >= 0.3 is 0 Å². The molecule has 0 bridgehead atoms. The minimum Gasteiger partial charge on any atom is -0.398 e. The molecule has 1 aromatic rings. The Labute approximate surface area is 118 Å². The first-order valence-electron chi connectivity index (χ1n) is 7.49. The maximum Gasteiger partial charge on any atom is 0.0359 e. The lowest BCUT2D eigenvalue weighted by atomic mass is 10.1. The lowest BCUT2D eigenvalue weighted by Crippen LogP contribution is -2.35. The average molecular weight is 263 g/mol. The second kappa shape index (κ2) is 8.94. The predicted molar refractivity (Wildman–Crippen MR) is 84.2 cm³/mol. The van der Waals surface area contributed by atoms with Crippen LogP contribution in [0.5, 0.6) is 0 Å². The van der Waals surface area contributed by atoms with E-state index in [2.05, 4.69) is 42.7 Å². The molecule has 0 spiro atoms. The van der Waals surface area contributed by atoms with Gasteiger partial charge in [-0.1, -0.05) is 39.0 Å². The third-order valence-corrected chi connectivity index (χ3v) is 3.62. The van der Waals surface area contributed by atoms with Crippen molar-refractivity contribution in [3.8, 4) is 0 Å². The van der Waals surface area contributed by atoms with Crippen LogP contribution in [0.2, 0.25) is 0 Å². The highest BCUT2D eigenvalue weighted by atomic mass is 15.2. The summed E-state index contributed by atoms with van der Waals surface area (Å²) in [5, 5.41) is 0. The number of nitrogen functional groups attached to an aromatic ring is 1. The van der Waals surface area contributed by atoms with E-state index in [4.69, 9.17) is 5.73 Å². The van der Waals surface area contributed by atoms with Crippen LogP contribution in [0.15, 0.2) is 24.3 Å². The van der Waals surface area contributed by atoms with Crippen LogP contribution in [0.1, 0.15) is 32.8 Å². The van der Waals surface area contributed by atoms with Crippen LogP contribution in [0.25, 0.3) is 0 Å². The Balaban J connectivity index is 2.55. The van der Waals surface area contributed by atoms with Crippen molar-refractivity contribution in [2.24, 2.45) is 0 Å². The van der Waals surface area contributed by atoms with Crippen molar-refractivity contribution in [1.29, 1.82) is 0 Å². The minimum atomic E-state index is 0.909. The molecule has 3 nitrogen and oxygen atoms in total. The molecule has 0 aliphatic carbocycles. The highest BCUT2D eigenvalue weighted by Gasteiger charge is 2.08. The average Bonchev–Trinajstić information content (AvgIpc) is 2.42. The summed E-state index contributed by atoms with van der Waals surface area (Å²) < 4.78 is 0. The van der Waals surface area contributed by atoms with Crippen LogP contribution in [0.4, 0.5) is 5.69 Å². The van der Waals surface area contributed by atoms with Gasteiger partial charge in [-0.2, -0.15) is 0 Å². The third-order valence-electron chi connectivity index (χ3n) is 3.62. The van der Waals surface area contributed by atoms with Gasteiger partial charge in [-0.25, -0.2) is 0 Å². The molecule has 0 aliphatic rings. The van der Waals surface area contributed by atoms with E-state index in [-0.39, 0.29) is 0 Å². The van der Waals surface area contributed by atoms with E-state index in [9.17, 15) is 0 Å². The molecule has 0 fully saturated rings. The van der Waals surface area contributed by atoms with E-state index in [1.165, 1.54) is 12.0 Å². The van der Waals surface area contributed by atoms with Gasteiger partial charge in [0.05, 0.1) is 0 Å². The van der Waals surface area contributed by atoms with Crippen molar-refractivity contribution in [3.05, 3.63) is 29.8 Å². The molecule has 0 radical (unpaired) electrons. The number of rotatable bonds is 9. The summed E-state index contributed by atoms with van der Waals surface area (Å²) in [5.74, 6) is 0. The van der Waals surface area contributed by atoms with E-state index >= 15 is 0 Å². The van der Waals surface area contributed by atoms with Gasteiger partial charge in [-0.05, 0) is 37.7 Å². The lowest BCUT2D eigenvalue weighted by molar-refractivity contribution is 0.208. The van der Waals surface area contributed by atoms with Crippen LogP contribution < -0.4 is 5.73 Å². The monoisotopic (exact) mass is 263 g/mol. The summed E-state index contributed by atoms with van der Waals surface area (Å²) in [6.07, 6.45) is 1.19. The lowest BCUT2D eigenvalue weighted by Gasteiger charge is -2.26. The van der Waals surface area contributed by atoms with Gasteiger partial charge in [0.25, 0.3) is 0 Å². The molecular weight excluding hydrogens is 234 g/mol. The number of likely N-dealkylation sites (N-methyl/N-ethyl adjacent to an activating group) is 1. The van der Waals surface area contributed by atoms with Crippen LogP contribution in [-0.2, 0) is 6.54 Å². The summed E-state index contributed by atoms with van der Waals surface area (Å²) in [4.78, 5) is 4.97. The molecule has 0 saturated carbocycles. The number of nitrogens with two attached hydrogens (primary N) is 1. The fourth-order valence-electron chi connectivity index (χ4n) is 2.33. The molecule has 1 aromatic carbocycles. The molecule has 3 heteroatoms. The zero-order valence-corrected chi connectivity index (χ0v) is 12.7. The topological polar surface area (TPSA) is 32.5 Å². The van der Waals surface area contributed by atoms with Crippen LogP contribution in [-0.4, -0.2) is 42.5 Å².